The lowest BCUT2D eigenvalue weighted by Crippen LogP contribution is -2.48. The van der Waals surface area contributed by atoms with E-state index in [4.69, 9.17) is 0 Å². The van der Waals surface area contributed by atoms with E-state index in [2.05, 4.69) is 54.4 Å². The number of benzene rings is 1. The van der Waals surface area contributed by atoms with Gasteiger partial charge in [-0.05, 0) is 37.4 Å². The van der Waals surface area contributed by atoms with Crippen LogP contribution in [-0.2, 0) is 6.54 Å². The minimum atomic E-state index is 0.719. The molecule has 0 spiro atoms. The molecule has 1 aromatic rings. The van der Waals surface area contributed by atoms with E-state index in [0.29, 0.717) is 0 Å². The zero-order valence-corrected chi connectivity index (χ0v) is 11.7. The predicted octanol–water partition coefficient (Wildman–Crippen LogP) is 2.90. The van der Waals surface area contributed by atoms with Crippen molar-refractivity contribution in [2.75, 3.05) is 19.6 Å². The highest BCUT2D eigenvalue weighted by Gasteiger charge is 2.25. The Morgan fingerprint density at radius 1 is 1.28 bits per heavy atom. The second-order valence-electron chi connectivity index (χ2n) is 5.55. The van der Waals surface area contributed by atoms with Crippen molar-refractivity contribution in [3.8, 4) is 0 Å². The maximum atomic E-state index is 3.68. The van der Waals surface area contributed by atoms with Gasteiger partial charge in [0.15, 0.2) is 0 Å². The predicted molar refractivity (Wildman–Crippen MR) is 77.6 cm³/mol. The van der Waals surface area contributed by atoms with Gasteiger partial charge >= 0.3 is 0 Å². The maximum absolute atomic E-state index is 3.68. The molecule has 1 aliphatic heterocycles. The van der Waals surface area contributed by atoms with E-state index in [9.17, 15) is 0 Å². The second-order valence-corrected chi connectivity index (χ2v) is 5.55. The molecule has 2 rings (SSSR count). The van der Waals surface area contributed by atoms with Crippen LogP contribution in [0.5, 0.6) is 0 Å². The van der Waals surface area contributed by atoms with E-state index < -0.39 is 0 Å². The van der Waals surface area contributed by atoms with Gasteiger partial charge in [0.1, 0.15) is 0 Å². The standard InChI is InChI=1S/C16H26N2/c1-3-10-17-16-9-11-18(12-14(16)2)13-15-7-5-4-6-8-15/h4-8,14,16-17H,3,9-13H2,1-2H3/t14-,16-/m1/s1. The number of nitrogens with one attached hydrogen (secondary N) is 1. The van der Waals surface area contributed by atoms with E-state index >= 15 is 0 Å². The van der Waals surface area contributed by atoms with Crippen molar-refractivity contribution in [3.05, 3.63) is 35.9 Å². The smallest absolute Gasteiger partial charge is 0.0233 e. The van der Waals surface area contributed by atoms with Gasteiger partial charge in [0.25, 0.3) is 0 Å². The number of hydrogen-bond donors (Lipinski definition) is 1. The van der Waals surface area contributed by atoms with Crippen LogP contribution in [0.15, 0.2) is 30.3 Å². The molecule has 0 amide bonds. The van der Waals surface area contributed by atoms with Crippen LogP contribution < -0.4 is 5.32 Å². The molecular formula is C16H26N2. The summed E-state index contributed by atoms with van der Waals surface area (Å²) in [7, 11) is 0. The summed E-state index contributed by atoms with van der Waals surface area (Å²) in [5.41, 5.74) is 1.43. The quantitative estimate of drug-likeness (QED) is 0.859. The Bertz CT molecular complexity index is 336. The van der Waals surface area contributed by atoms with Crippen molar-refractivity contribution in [2.24, 2.45) is 5.92 Å². The van der Waals surface area contributed by atoms with E-state index in [-0.39, 0.29) is 0 Å². The molecule has 2 atom stereocenters. The molecule has 18 heavy (non-hydrogen) atoms. The molecule has 2 nitrogen and oxygen atoms in total. The Balaban J connectivity index is 1.81. The van der Waals surface area contributed by atoms with Crippen molar-refractivity contribution in [2.45, 2.75) is 39.3 Å². The third-order valence-corrected chi connectivity index (χ3v) is 3.89. The number of hydrogen-bond acceptors (Lipinski definition) is 2. The molecule has 1 N–H and O–H groups in total. The van der Waals surface area contributed by atoms with Crippen molar-refractivity contribution < 1.29 is 0 Å². The van der Waals surface area contributed by atoms with Gasteiger partial charge in [-0.15, -0.1) is 0 Å². The SMILES string of the molecule is CCCN[C@@H]1CCN(Cc2ccccc2)C[C@H]1C. The third-order valence-electron chi connectivity index (χ3n) is 3.89. The summed E-state index contributed by atoms with van der Waals surface area (Å²) in [6.45, 7) is 9.32. The lowest BCUT2D eigenvalue weighted by molar-refractivity contribution is 0.141. The van der Waals surface area contributed by atoms with Crippen LogP contribution in [0.4, 0.5) is 0 Å². The summed E-state index contributed by atoms with van der Waals surface area (Å²) in [6.07, 6.45) is 2.52. The first-order valence-electron chi connectivity index (χ1n) is 7.29. The summed E-state index contributed by atoms with van der Waals surface area (Å²) in [4.78, 5) is 2.59. The van der Waals surface area contributed by atoms with Crippen LogP contribution in [0.1, 0.15) is 32.3 Å². The van der Waals surface area contributed by atoms with Gasteiger partial charge in [0.2, 0.25) is 0 Å². The van der Waals surface area contributed by atoms with Crippen LogP contribution in [0, 0.1) is 5.92 Å². The van der Waals surface area contributed by atoms with E-state index in [1.807, 2.05) is 0 Å². The van der Waals surface area contributed by atoms with Crippen LogP contribution in [0.2, 0.25) is 0 Å². The lowest BCUT2D eigenvalue weighted by atomic mass is 9.93. The Morgan fingerprint density at radius 2 is 2.06 bits per heavy atom. The molecule has 0 bridgehead atoms. The highest BCUT2D eigenvalue weighted by atomic mass is 15.1. The van der Waals surface area contributed by atoms with Crippen LogP contribution >= 0.6 is 0 Å². The molecular weight excluding hydrogens is 220 g/mol. The Kier molecular flexibility index (Phi) is 5.21. The van der Waals surface area contributed by atoms with Crippen molar-refractivity contribution in [3.63, 3.8) is 0 Å². The molecule has 2 heteroatoms. The average molecular weight is 246 g/mol. The minimum absolute atomic E-state index is 0.719. The van der Waals surface area contributed by atoms with Crippen LogP contribution in [-0.4, -0.2) is 30.6 Å². The molecule has 1 fully saturated rings. The summed E-state index contributed by atoms with van der Waals surface area (Å²) < 4.78 is 0. The Morgan fingerprint density at radius 3 is 2.72 bits per heavy atom. The first-order valence-corrected chi connectivity index (χ1v) is 7.29. The van der Waals surface area contributed by atoms with Gasteiger partial charge in [0, 0.05) is 19.1 Å². The number of piperidine rings is 1. The van der Waals surface area contributed by atoms with Gasteiger partial charge in [-0.2, -0.15) is 0 Å². The fourth-order valence-electron chi connectivity index (χ4n) is 2.85. The summed E-state index contributed by atoms with van der Waals surface area (Å²) >= 11 is 0. The Hall–Kier alpha value is -0.860. The number of likely N-dealkylation sites (tertiary alicyclic amines) is 1. The zero-order valence-electron chi connectivity index (χ0n) is 11.7. The van der Waals surface area contributed by atoms with E-state index in [0.717, 1.165) is 25.0 Å². The Labute approximate surface area is 111 Å². The average Bonchev–Trinajstić information content (AvgIpc) is 2.39. The molecule has 1 saturated heterocycles. The zero-order chi connectivity index (χ0) is 12.8. The summed E-state index contributed by atoms with van der Waals surface area (Å²) in [5, 5.41) is 3.68. The lowest BCUT2D eigenvalue weighted by Gasteiger charge is -2.37. The van der Waals surface area contributed by atoms with Gasteiger partial charge in [-0.3, -0.25) is 4.90 Å². The number of nitrogens with zero attached hydrogens (tertiary/aromatic N) is 1. The molecule has 0 saturated carbocycles. The topological polar surface area (TPSA) is 15.3 Å². The molecule has 100 valence electrons. The normalized spacial score (nSPS) is 25.2. The minimum Gasteiger partial charge on any atom is -0.314 e. The summed E-state index contributed by atoms with van der Waals surface area (Å²) in [5.74, 6) is 0.758. The summed E-state index contributed by atoms with van der Waals surface area (Å²) in [6, 6.07) is 11.5. The number of rotatable bonds is 5. The van der Waals surface area contributed by atoms with Gasteiger partial charge in [0.05, 0.1) is 0 Å². The molecule has 0 unspecified atom stereocenters. The third kappa shape index (κ3) is 3.82. The maximum Gasteiger partial charge on any atom is 0.0233 e. The molecule has 0 aliphatic carbocycles. The highest BCUT2D eigenvalue weighted by molar-refractivity contribution is 5.14. The molecule has 1 heterocycles. The monoisotopic (exact) mass is 246 g/mol. The van der Waals surface area contributed by atoms with Crippen LogP contribution in [0.3, 0.4) is 0 Å². The largest absolute Gasteiger partial charge is 0.314 e. The van der Waals surface area contributed by atoms with Gasteiger partial charge in [-0.1, -0.05) is 44.2 Å². The first-order chi connectivity index (χ1) is 8.79. The van der Waals surface area contributed by atoms with Crippen LogP contribution in [0.25, 0.3) is 0 Å². The van der Waals surface area contributed by atoms with E-state index in [1.165, 1.54) is 31.5 Å². The van der Waals surface area contributed by atoms with Gasteiger partial charge in [-0.25, -0.2) is 0 Å². The molecule has 1 aromatic carbocycles. The van der Waals surface area contributed by atoms with Gasteiger partial charge < -0.3 is 5.32 Å². The molecule has 0 aromatic heterocycles. The molecule has 0 radical (unpaired) electrons. The molecule has 1 aliphatic rings. The second kappa shape index (κ2) is 6.91. The highest BCUT2D eigenvalue weighted by Crippen LogP contribution is 2.18. The van der Waals surface area contributed by atoms with E-state index in [1.54, 1.807) is 0 Å². The van der Waals surface area contributed by atoms with Crippen molar-refractivity contribution >= 4 is 0 Å². The first kappa shape index (κ1) is 13.6. The van der Waals surface area contributed by atoms with Crippen molar-refractivity contribution in [1.29, 1.82) is 0 Å². The van der Waals surface area contributed by atoms with Crippen molar-refractivity contribution in [1.82, 2.24) is 10.2 Å². The fourth-order valence-corrected chi connectivity index (χ4v) is 2.85. The fraction of sp³-hybridized carbons (Fsp3) is 0.625.